The number of para-hydroxylation sites is 1. The van der Waals surface area contributed by atoms with Gasteiger partial charge < -0.3 is 0 Å². The lowest BCUT2D eigenvalue weighted by Crippen LogP contribution is -2.04. The van der Waals surface area contributed by atoms with Crippen molar-refractivity contribution >= 4 is 26.8 Å². The number of alkyl halides is 1. The van der Waals surface area contributed by atoms with Gasteiger partial charge in [0, 0.05) is 16.4 Å². The molecule has 2 atom stereocenters. The van der Waals surface area contributed by atoms with E-state index in [-0.39, 0.29) is 0 Å². The van der Waals surface area contributed by atoms with Crippen LogP contribution in [0.4, 0.5) is 0 Å². The average molecular weight is 304 g/mol. The Bertz CT molecular complexity index is 537. The van der Waals surface area contributed by atoms with Crippen LogP contribution >= 0.6 is 15.9 Å². The van der Waals surface area contributed by atoms with Crippen molar-refractivity contribution in [2.75, 3.05) is 0 Å². The Morgan fingerprint density at radius 2 is 1.94 bits per heavy atom. The SMILES string of the molecule is BrC1CCCCC(c2cnc3ccccc3c2)C1. The fourth-order valence-electron chi connectivity index (χ4n) is 2.92. The number of hydrogen-bond donors (Lipinski definition) is 0. The van der Waals surface area contributed by atoms with Crippen LogP contribution in [0.1, 0.15) is 43.6 Å². The van der Waals surface area contributed by atoms with Gasteiger partial charge in [0.25, 0.3) is 0 Å². The summed E-state index contributed by atoms with van der Waals surface area (Å²) in [5.74, 6) is 0.675. The first kappa shape index (κ1) is 12.2. The molecule has 2 aromatic rings. The quantitative estimate of drug-likeness (QED) is 0.531. The minimum atomic E-state index is 0.675. The smallest absolute Gasteiger partial charge is 0.0702 e. The second kappa shape index (κ2) is 5.40. The normalized spacial score (nSPS) is 24.9. The molecule has 1 fully saturated rings. The Morgan fingerprint density at radius 3 is 2.89 bits per heavy atom. The highest BCUT2D eigenvalue weighted by Crippen LogP contribution is 2.35. The van der Waals surface area contributed by atoms with Crippen molar-refractivity contribution < 1.29 is 0 Å². The summed E-state index contributed by atoms with van der Waals surface area (Å²) in [4.78, 5) is 5.27. The van der Waals surface area contributed by atoms with Crippen molar-refractivity contribution in [2.45, 2.75) is 42.8 Å². The van der Waals surface area contributed by atoms with Gasteiger partial charge >= 0.3 is 0 Å². The summed E-state index contributed by atoms with van der Waals surface area (Å²) < 4.78 is 0. The number of benzene rings is 1. The van der Waals surface area contributed by atoms with E-state index in [0.717, 1.165) is 5.52 Å². The molecule has 1 aromatic heterocycles. The van der Waals surface area contributed by atoms with E-state index in [1.165, 1.54) is 43.1 Å². The molecule has 0 bridgehead atoms. The van der Waals surface area contributed by atoms with Crippen molar-refractivity contribution in [3.63, 3.8) is 0 Å². The number of hydrogen-bond acceptors (Lipinski definition) is 1. The third-order valence-electron chi connectivity index (χ3n) is 3.94. The molecule has 0 N–H and O–H groups in total. The topological polar surface area (TPSA) is 12.9 Å². The van der Waals surface area contributed by atoms with Crippen LogP contribution in [0.25, 0.3) is 10.9 Å². The Balaban J connectivity index is 1.92. The van der Waals surface area contributed by atoms with Gasteiger partial charge in [-0.05, 0) is 42.9 Å². The Morgan fingerprint density at radius 1 is 1.11 bits per heavy atom. The number of nitrogens with zero attached hydrogens (tertiary/aromatic N) is 1. The van der Waals surface area contributed by atoms with Crippen LogP contribution in [0.5, 0.6) is 0 Å². The van der Waals surface area contributed by atoms with E-state index >= 15 is 0 Å². The van der Waals surface area contributed by atoms with Gasteiger partial charge in [-0.25, -0.2) is 0 Å². The summed E-state index contributed by atoms with van der Waals surface area (Å²) in [7, 11) is 0. The molecule has 1 aromatic carbocycles. The maximum absolute atomic E-state index is 4.60. The summed E-state index contributed by atoms with van der Waals surface area (Å²) in [6, 6.07) is 10.7. The molecule has 1 heterocycles. The number of halogens is 1. The Kier molecular flexibility index (Phi) is 3.64. The van der Waals surface area contributed by atoms with Gasteiger partial charge in [-0.15, -0.1) is 0 Å². The van der Waals surface area contributed by atoms with Crippen LogP contribution in [0.2, 0.25) is 0 Å². The summed E-state index contributed by atoms with van der Waals surface area (Å²) in [5, 5.41) is 1.27. The first-order valence-electron chi connectivity index (χ1n) is 6.82. The maximum atomic E-state index is 4.60. The van der Waals surface area contributed by atoms with E-state index in [4.69, 9.17) is 0 Å². The molecule has 0 saturated heterocycles. The van der Waals surface area contributed by atoms with Gasteiger partial charge in [-0.3, -0.25) is 4.98 Å². The van der Waals surface area contributed by atoms with Gasteiger partial charge in [0.1, 0.15) is 0 Å². The highest BCUT2D eigenvalue weighted by molar-refractivity contribution is 9.09. The zero-order valence-electron chi connectivity index (χ0n) is 10.5. The van der Waals surface area contributed by atoms with Crippen molar-refractivity contribution in [3.8, 4) is 0 Å². The van der Waals surface area contributed by atoms with E-state index in [9.17, 15) is 0 Å². The molecule has 1 nitrogen and oxygen atoms in total. The largest absolute Gasteiger partial charge is 0.256 e. The first-order valence-corrected chi connectivity index (χ1v) is 7.73. The molecule has 18 heavy (non-hydrogen) atoms. The summed E-state index contributed by atoms with van der Waals surface area (Å²) in [5.41, 5.74) is 2.52. The van der Waals surface area contributed by atoms with E-state index in [1.54, 1.807) is 0 Å². The minimum Gasteiger partial charge on any atom is -0.256 e. The molecule has 3 rings (SSSR count). The summed E-state index contributed by atoms with van der Waals surface area (Å²) in [6.45, 7) is 0. The van der Waals surface area contributed by atoms with Gasteiger partial charge in [0.2, 0.25) is 0 Å². The highest BCUT2D eigenvalue weighted by Gasteiger charge is 2.20. The monoisotopic (exact) mass is 303 g/mol. The predicted octanol–water partition coefficient (Wildman–Crippen LogP) is 5.05. The fourth-order valence-corrected chi connectivity index (χ4v) is 3.69. The van der Waals surface area contributed by atoms with Crippen molar-refractivity contribution in [2.24, 2.45) is 0 Å². The molecule has 1 aliphatic rings. The van der Waals surface area contributed by atoms with Crippen molar-refractivity contribution in [3.05, 3.63) is 42.1 Å². The number of aromatic nitrogens is 1. The number of fused-ring (bicyclic) bond motifs is 1. The molecule has 0 amide bonds. The Labute approximate surface area is 117 Å². The lowest BCUT2D eigenvalue weighted by Gasteiger charge is -2.16. The van der Waals surface area contributed by atoms with Crippen molar-refractivity contribution in [1.29, 1.82) is 0 Å². The molecule has 0 spiro atoms. The molecular weight excluding hydrogens is 286 g/mol. The lowest BCUT2D eigenvalue weighted by molar-refractivity contribution is 0.599. The van der Waals surface area contributed by atoms with E-state index in [0.29, 0.717) is 10.7 Å². The van der Waals surface area contributed by atoms with Crippen LogP contribution in [0, 0.1) is 0 Å². The standard InChI is InChI=1S/C16H18BrN/c17-15-7-3-1-5-12(10-15)14-9-13-6-2-4-8-16(13)18-11-14/h2,4,6,8-9,11-12,15H,1,3,5,7,10H2. The summed E-state index contributed by atoms with van der Waals surface area (Å²) in [6.07, 6.45) is 8.66. The first-order chi connectivity index (χ1) is 8.83. The molecule has 0 aliphatic heterocycles. The van der Waals surface area contributed by atoms with E-state index in [2.05, 4.69) is 57.4 Å². The van der Waals surface area contributed by atoms with Crippen molar-refractivity contribution in [1.82, 2.24) is 4.98 Å². The summed E-state index contributed by atoms with van der Waals surface area (Å²) >= 11 is 3.81. The zero-order chi connectivity index (χ0) is 12.4. The second-order valence-corrected chi connectivity index (χ2v) is 6.57. The maximum Gasteiger partial charge on any atom is 0.0702 e. The fraction of sp³-hybridized carbons (Fsp3) is 0.438. The molecule has 94 valence electrons. The minimum absolute atomic E-state index is 0.675. The van der Waals surface area contributed by atoms with Crippen LogP contribution in [-0.2, 0) is 0 Å². The van der Waals surface area contributed by atoms with Crippen LogP contribution in [0.3, 0.4) is 0 Å². The highest BCUT2D eigenvalue weighted by atomic mass is 79.9. The molecule has 1 saturated carbocycles. The molecule has 2 unspecified atom stereocenters. The predicted molar refractivity (Wildman–Crippen MR) is 80.3 cm³/mol. The Hall–Kier alpha value is -0.890. The second-order valence-electron chi connectivity index (χ2n) is 5.28. The zero-order valence-corrected chi connectivity index (χ0v) is 12.1. The van der Waals surface area contributed by atoms with E-state index in [1.807, 2.05) is 0 Å². The van der Waals surface area contributed by atoms with Crippen LogP contribution in [0.15, 0.2) is 36.5 Å². The van der Waals surface area contributed by atoms with Gasteiger partial charge in [0.05, 0.1) is 5.52 Å². The third kappa shape index (κ3) is 2.59. The molecular formula is C16H18BrN. The van der Waals surface area contributed by atoms with Gasteiger partial charge in [0.15, 0.2) is 0 Å². The molecule has 0 radical (unpaired) electrons. The van der Waals surface area contributed by atoms with Gasteiger partial charge in [-0.1, -0.05) is 47.0 Å². The lowest BCUT2D eigenvalue weighted by atomic mass is 9.92. The molecule has 1 aliphatic carbocycles. The van der Waals surface area contributed by atoms with E-state index < -0.39 is 0 Å². The number of pyridine rings is 1. The van der Waals surface area contributed by atoms with Gasteiger partial charge in [-0.2, -0.15) is 0 Å². The number of rotatable bonds is 1. The molecule has 2 heteroatoms. The van der Waals surface area contributed by atoms with Crippen LogP contribution < -0.4 is 0 Å². The van der Waals surface area contributed by atoms with Crippen LogP contribution in [-0.4, -0.2) is 9.81 Å². The average Bonchev–Trinajstić information content (AvgIpc) is 2.63. The third-order valence-corrected chi connectivity index (χ3v) is 4.77.